The van der Waals surface area contributed by atoms with E-state index >= 15 is 0 Å². The fraction of sp³-hybridized carbons (Fsp3) is 0.538. The van der Waals surface area contributed by atoms with Gasteiger partial charge in [-0.1, -0.05) is 36.8 Å². The van der Waals surface area contributed by atoms with Crippen molar-refractivity contribution in [3.8, 4) is 0 Å². The largest absolute Gasteiger partial charge is 0.309 e. The second kappa shape index (κ2) is 5.04. The molecule has 1 aliphatic rings. The first-order valence-corrected chi connectivity index (χ1v) is 6.79. The van der Waals surface area contributed by atoms with Gasteiger partial charge in [-0.15, -0.1) is 0 Å². The molecule has 2 unspecified atom stereocenters. The topological polar surface area (TPSA) is 12.0 Å². The molecule has 2 rings (SSSR count). The molecule has 82 valence electrons. The van der Waals surface area contributed by atoms with Crippen LogP contribution in [0.15, 0.2) is 24.3 Å². The van der Waals surface area contributed by atoms with Gasteiger partial charge in [-0.2, -0.15) is 11.8 Å². The molecule has 0 aromatic heterocycles. The van der Waals surface area contributed by atoms with Crippen LogP contribution in [0.2, 0.25) is 0 Å². The van der Waals surface area contributed by atoms with Crippen molar-refractivity contribution in [2.24, 2.45) is 5.92 Å². The third-order valence-electron chi connectivity index (χ3n) is 2.88. The lowest BCUT2D eigenvalue weighted by molar-refractivity contribution is 0.517. The van der Waals surface area contributed by atoms with Crippen molar-refractivity contribution in [2.75, 3.05) is 18.1 Å². The highest BCUT2D eigenvalue weighted by Gasteiger charge is 2.16. The van der Waals surface area contributed by atoms with Crippen LogP contribution in [-0.2, 0) is 0 Å². The summed E-state index contributed by atoms with van der Waals surface area (Å²) in [5.41, 5.74) is 2.77. The lowest BCUT2D eigenvalue weighted by Gasteiger charge is -2.16. The van der Waals surface area contributed by atoms with Crippen LogP contribution < -0.4 is 5.32 Å². The molecule has 1 heterocycles. The van der Waals surface area contributed by atoms with Crippen molar-refractivity contribution >= 4 is 11.8 Å². The van der Waals surface area contributed by atoms with Crippen LogP contribution in [0.4, 0.5) is 0 Å². The summed E-state index contributed by atoms with van der Waals surface area (Å²) in [4.78, 5) is 0. The Balaban J connectivity index is 2.06. The summed E-state index contributed by atoms with van der Waals surface area (Å²) < 4.78 is 0. The van der Waals surface area contributed by atoms with Crippen LogP contribution in [-0.4, -0.2) is 18.1 Å². The van der Waals surface area contributed by atoms with E-state index in [1.54, 1.807) is 0 Å². The van der Waals surface area contributed by atoms with Crippen molar-refractivity contribution in [1.82, 2.24) is 5.32 Å². The summed E-state index contributed by atoms with van der Waals surface area (Å²) in [6.07, 6.45) is 0. The molecule has 2 heteroatoms. The fourth-order valence-electron chi connectivity index (χ4n) is 1.86. The average molecular weight is 221 g/mol. The summed E-state index contributed by atoms with van der Waals surface area (Å²) in [6.45, 7) is 5.60. The van der Waals surface area contributed by atoms with E-state index in [-0.39, 0.29) is 0 Å². The van der Waals surface area contributed by atoms with Crippen LogP contribution in [0.25, 0.3) is 0 Å². The second-order valence-corrected chi connectivity index (χ2v) is 5.59. The van der Waals surface area contributed by atoms with Gasteiger partial charge in [-0.05, 0) is 30.7 Å². The predicted molar refractivity (Wildman–Crippen MR) is 68.4 cm³/mol. The molecule has 0 aliphatic carbocycles. The molecular weight excluding hydrogens is 202 g/mol. The van der Waals surface area contributed by atoms with Crippen LogP contribution >= 0.6 is 11.8 Å². The van der Waals surface area contributed by atoms with Crippen molar-refractivity contribution in [3.63, 3.8) is 0 Å². The summed E-state index contributed by atoms with van der Waals surface area (Å²) in [6, 6.07) is 9.46. The van der Waals surface area contributed by atoms with Gasteiger partial charge < -0.3 is 5.32 Å². The maximum atomic E-state index is 3.65. The van der Waals surface area contributed by atoms with Gasteiger partial charge in [0.1, 0.15) is 0 Å². The Morgan fingerprint density at radius 2 is 1.93 bits per heavy atom. The van der Waals surface area contributed by atoms with Crippen molar-refractivity contribution in [3.05, 3.63) is 35.4 Å². The van der Waals surface area contributed by atoms with E-state index < -0.39 is 0 Å². The maximum Gasteiger partial charge on any atom is 0.0411 e. The minimum atomic E-state index is 0.542. The zero-order chi connectivity index (χ0) is 10.7. The summed E-state index contributed by atoms with van der Waals surface area (Å²) in [5, 5.41) is 3.65. The minimum Gasteiger partial charge on any atom is -0.309 e. The van der Waals surface area contributed by atoms with Crippen molar-refractivity contribution < 1.29 is 0 Å². The van der Waals surface area contributed by atoms with Gasteiger partial charge in [0.2, 0.25) is 0 Å². The molecule has 15 heavy (non-hydrogen) atoms. The molecular formula is C13H19NS. The third-order valence-corrected chi connectivity index (χ3v) is 4.25. The first-order chi connectivity index (χ1) is 7.25. The van der Waals surface area contributed by atoms with Gasteiger partial charge in [-0.25, -0.2) is 0 Å². The molecule has 1 aliphatic heterocycles. The molecule has 2 atom stereocenters. The predicted octanol–water partition coefficient (Wildman–Crippen LogP) is 3.01. The van der Waals surface area contributed by atoms with Crippen LogP contribution in [0.5, 0.6) is 0 Å². The highest BCUT2D eigenvalue weighted by Crippen LogP contribution is 2.23. The van der Waals surface area contributed by atoms with E-state index in [0.29, 0.717) is 6.04 Å². The average Bonchev–Trinajstić information content (AvgIpc) is 2.44. The summed E-state index contributed by atoms with van der Waals surface area (Å²) in [5.74, 6) is 3.29. The molecule has 0 radical (unpaired) electrons. The Morgan fingerprint density at radius 1 is 1.20 bits per heavy atom. The Hall–Kier alpha value is -0.470. The van der Waals surface area contributed by atoms with Crippen molar-refractivity contribution in [2.45, 2.75) is 19.9 Å². The molecule has 1 N–H and O–H groups in total. The fourth-order valence-corrected chi connectivity index (χ4v) is 3.06. The van der Waals surface area contributed by atoms with Crippen LogP contribution in [0.3, 0.4) is 0 Å². The molecule has 0 spiro atoms. The SMILES string of the molecule is Cc1ccc(C2CSCC(C)CN2)cc1. The van der Waals surface area contributed by atoms with Gasteiger partial charge in [0.25, 0.3) is 0 Å². The van der Waals surface area contributed by atoms with Crippen LogP contribution in [0, 0.1) is 12.8 Å². The third kappa shape index (κ3) is 2.99. The van der Waals surface area contributed by atoms with Gasteiger partial charge >= 0.3 is 0 Å². The number of aryl methyl sites for hydroxylation is 1. The molecule has 1 aromatic carbocycles. The highest BCUT2D eigenvalue weighted by molar-refractivity contribution is 7.99. The highest BCUT2D eigenvalue weighted by atomic mass is 32.2. The zero-order valence-corrected chi connectivity index (χ0v) is 10.3. The normalized spacial score (nSPS) is 27.3. The lowest BCUT2D eigenvalue weighted by Crippen LogP contribution is -2.25. The van der Waals surface area contributed by atoms with E-state index in [0.717, 1.165) is 12.5 Å². The maximum absolute atomic E-state index is 3.65. The molecule has 0 saturated carbocycles. The minimum absolute atomic E-state index is 0.542. The zero-order valence-electron chi connectivity index (χ0n) is 9.49. The summed E-state index contributed by atoms with van der Waals surface area (Å²) >= 11 is 2.07. The number of nitrogens with one attached hydrogen (secondary N) is 1. The molecule has 1 fully saturated rings. The lowest BCUT2D eigenvalue weighted by atomic mass is 10.1. The van der Waals surface area contributed by atoms with Crippen molar-refractivity contribution in [1.29, 1.82) is 0 Å². The van der Waals surface area contributed by atoms with Gasteiger partial charge in [0.05, 0.1) is 0 Å². The number of rotatable bonds is 1. The Kier molecular flexibility index (Phi) is 3.71. The van der Waals surface area contributed by atoms with Gasteiger partial charge in [0.15, 0.2) is 0 Å². The first kappa shape index (κ1) is 11.0. The van der Waals surface area contributed by atoms with E-state index in [4.69, 9.17) is 0 Å². The van der Waals surface area contributed by atoms with Crippen LogP contribution in [0.1, 0.15) is 24.1 Å². The first-order valence-electron chi connectivity index (χ1n) is 5.63. The smallest absolute Gasteiger partial charge is 0.0411 e. The Morgan fingerprint density at radius 3 is 2.67 bits per heavy atom. The molecule has 0 amide bonds. The Bertz CT molecular complexity index is 307. The number of thioether (sulfide) groups is 1. The standard InChI is InChI=1S/C13H19NS/c1-10-3-5-12(6-4-10)13-9-15-8-11(2)7-14-13/h3-6,11,13-14H,7-9H2,1-2H3. The number of hydrogen-bond acceptors (Lipinski definition) is 2. The van der Waals surface area contributed by atoms with Gasteiger partial charge in [-0.3, -0.25) is 0 Å². The molecule has 1 saturated heterocycles. The number of benzene rings is 1. The second-order valence-electron chi connectivity index (χ2n) is 4.51. The quantitative estimate of drug-likeness (QED) is 0.782. The Labute approximate surface area is 96.7 Å². The van der Waals surface area contributed by atoms with E-state index in [1.165, 1.54) is 22.6 Å². The van der Waals surface area contributed by atoms with E-state index in [2.05, 4.69) is 55.2 Å². The molecule has 0 bridgehead atoms. The summed E-state index contributed by atoms with van der Waals surface area (Å²) in [7, 11) is 0. The monoisotopic (exact) mass is 221 g/mol. The molecule has 1 nitrogen and oxygen atoms in total. The van der Waals surface area contributed by atoms with E-state index in [9.17, 15) is 0 Å². The number of hydrogen-bond donors (Lipinski definition) is 1. The molecule has 1 aromatic rings. The van der Waals surface area contributed by atoms with Gasteiger partial charge in [0, 0.05) is 11.8 Å². The van der Waals surface area contributed by atoms with E-state index in [1.807, 2.05) is 0 Å².